The van der Waals surface area contributed by atoms with Gasteiger partial charge in [0.1, 0.15) is 0 Å². The molecule has 1 atom stereocenters. The average Bonchev–Trinajstić information content (AvgIpc) is 3.14. The number of hydrogen-bond acceptors (Lipinski definition) is 3. The summed E-state index contributed by atoms with van der Waals surface area (Å²) >= 11 is 2.02. The number of hydrogen-bond donors (Lipinski definition) is 0. The first-order chi connectivity index (χ1) is 8.86. The third-order valence-electron chi connectivity index (χ3n) is 3.73. The van der Waals surface area contributed by atoms with Gasteiger partial charge in [-0.1, -0.05) is 18.2 Å². The van der Waals surface area contributed by atoms with E-state index in [-0.39, 0.29) is 0 Å². The van der Waals surface area contributed by atoms with E-state index in [4.69, 9.17) is 5.26 Å². The van der Waals surface area contributed by atoms with Gasteiger partial charge in [-0.25, -0.2) is 0 Å². The van der Waals surface area contributed by atoms with Gasteiger partial charge in [-0.2, -0.15) is 5.26 Å². The van der Waals surface area contributed by atoms with E-state index >= 15 is 0 Å². The second-order valence-corrected chi connectivity index (χ2v) is 6.53. The van der Waals surface area contributed by atoms with Crippen molar-refractivity contribution in [2.24, 2.45) is 0 Å². The Labute approximate surface area is 113 Å². The summed E-state index contributed by atoms with van der Waals surface area (Å²) in [6.07, 6.45) is 4.52. The quantitative estimate of drug-likeness (QED) is 0.812. The van der Waals surface area contributed by atoms with Crippen molar-refractivity contribution in [3.63, 3.8) is 0 Å². The second kappa shape index (κ2) is 5.34. The normalized spacial score (nSPS) is 21.9. The molecule has 0 N–H and O–H groups in total. The summed E-state index contributed by atoms with van der Waals surface area (Å²) in [4.78, 5) is 3.99. The van der Waals surface area contributed by atoms with Crippen molar-refractivity contribution < 1.29 is 0 Å². The van der Waals surface area contributed by atoms with Crippen LogP contribution in [0.5, 0.6) is 0 Å². The zero-order valence-corrected chi connectivity index (χ0v) is 11.3. The number of benzene rings is 1. The Morgan fingerprint density at radius 2 is 2.17 bits per heavy atom. The lowest BCUT2D eigenvalue weighted by molar-refractivity contribution is 0.270. The minimum Gasteiger partial charge on any atom is -0.298 e. The molecule has 2 nitrogen and oxygen atoms in total. The van der Waals surface area contributed by atoms with Gasteiger partial charge in [0.25, 0.3) is 0 Å². The first-order valence-electron chi connectivity index (χ1n) is 6.72. The van der Waals surface area contributed by atoms with Gasteiger partial charge in [0.15, 0.2) is 0 Å². The van der Waals surface area contributed by atoms with Gasteiger partial charge in [0.05, 0.1) is 6.07 Å². The molecule has 1 fully saturated rings. The summed E-state index contributed by atoms with van der Waals surface area (Å²) in [7, 11) is 0. The number of fused-ring (bicyclic) bond motifs is 1. The fraction of sp³-hybridized carbons (Fsp3) is 0.533. The Morgan fingerprint density at radius 3 is 2.89 bits per heavy atom. The standard InChI is InChI=1S/C15H18N2S/c16-8-3-9-17(13-6-7-13)11-14-10-12-4-1-2-5-15(12)18-14/h1-2,4-5,13-14H,3,6-7,9-11H2. The van der Waals surface area contributed by atoms with Gasteiger partial charge in [-0.05, 0) is 30.9 Å². The first kappa shape index (κ1) is 12.1. The molecule has 3 heteroatoms. The molecule has 3 rings (SSSR count). The fourth-order valence-electron chi connectivity index (χ4n) is 2.67. The third kappa shape index (κ3) is 2.71. The van der Waals surface area contributed by atoms with Crippen LogP contribution < -0.4 is 0 Å². The largest absolute Gasteiger partial charge is 0.298 e. The molecule has 1 unspecified atom stereocenters. The maximum Gasteiger partial charge on any atom is 0.0635 e. The van der Waals surface area contributed by atoms with Crippen LogP contribution in [0.25, 0.3) is 0 Å². The monoisotopic (exact) mass is 258 g/mol. The van der Waals surface area contributed by atoms with Crippen molar-refractivity contribution in [2.45, 2.75) is 41.9 Å². The third-order valence-corrected chi connectivity index (χ3v) is 5.03. The van der Waals surface area contributed by atoms with Crippen LogP contribution in [0.1, 0.15) is 24.8 Å². The minimum absolute atomic E-state index is 0.667. The van der Waals surface area contributed by atoms with Crippen LogP contribution in [0, 0.1) is 11.3 Å². The predicted molar refractivity (Wildman–Crippen MR) is 74.6 cm³/mol. The highest BCUT2D eigenvalue weighted by atomic mass is 32.2. The molecule has 0 amide bonds. The van der Waals surface area contributed by atoms with Crippen LogP contribution in [0.3, 0.4) is 0 Å². The van der Waals surface area contributed by atoms with E-state index < -0.39 is 0 Å². The summed E-state index contributed by atoms with van der Waals surface area (Å²) < 4.78 is 0. The van der Waals surface area contributed by atoms with E-state index in [1.54, 1.807) is 0 Å². The van der Waals surface area contributed by atoms with Crippen LogP contribution in [-0.4, -0.2) is 29.3 Å². The predicted octanol–water partition coefficient (Wildman–Crippen LogP) is 3.08. The van der Waals surface area contributed by atoms with Crippen molar-refractivity contribution in [2.75, 3.05) is 13.1 Å². The molecular weight excluding hydrogens is 240 g/mol. The number of nitriles is 1. The van der Waals surface area contributed by atoms with Crippen molar-refractivity contribution in [1.82, 2.24) is 4.90 Å². The number of nitrogens with zero attached hydrogens (tertiary/aromatic N) is 2. The highest BCUT2D eigenvalue weighted by Crippen LogP contribution is 2.38. The average molecular weight is 258 g/mol. The fourth-order valence-corrected chi connectivity index (χ4v) is 4.02. The van der Waals surface area contributed by atoms with Crippen LogP contribution >= 0.6 is 11.8 Å². The lowest BCUT2D eigenvalue weighted by Crippen LogP contribution is -2.33. The van der Waals surface area contributed by atoms with E-state index in [0.717, 1.165) is 19.1 Å². The molecule has 1 aromatic carbocycles. The Kier molecular flexibility index (Phi) is 3.58. The molecule has 1 aliphatic heterocycles. The molecule has 0 spiro atoms. The lowest BCUT2D eigenvalue weighted by Gasteiger charge is -2.23. The summed E-state index contributed by atoms with van der Waals surface area (Å²) in [6, 6.07) is 11.8. The molecule has 1 heterocycles. The maximum absolute atomic E-state index is 8.74. The zero-order chi connectivity index (χ0) is 12.4. The SMILES string of the molecule is N#CCCN(CC1Cc2ccccc2S1)C1CC1. The first-order valence-corrected chi connectivity index (χ1v) is 7.60. The molecule has 1 aromatic rings. The molecule has 94 valence electrons. The van der Waals surface area contributed by atoms with E-state index in [0.29, 0.717) is 11.7 Å². The Hall–Kier alpha value is -0.980. The number of rotatable bonds is 5. The highest BCUT2D eigenvalue weighted by Gasteiger charge is 2.32. The van der Waals surface area contributed by atoms with Gasteiger partial charge < -0.3 is 0 Å². The van der Waals surface area contributed by atoms with Crippen LogP contribution in [-0.2, 0) is 6.42 Å². The van der Waals surface area contributed by atoms with Crippen molar-refractivity contribution in [3.8, 4) is 6.07 Å². The highest BCUT2D eigenvalue weighted by molar-refractivity contribution is 8.00. The van der Waals surface area contributed by atoms with Gasteiger partial charge in [0.2, 0.25) is 0 Å². The Balaban J connectivity index is 1.59. The van der Waals surface area contributed by atoms with E-state index in [9.17, 15) is 0 Å². The van der Waals surface area contributed by atoms with Gasteiger partial charge >= 0.3 is 0 Å². The molecule has 1 saturated carbocycles. The molecule has 1 aliphatic carbocycles. The van der Waals surface area contributed by atoms with E-state index in [2.05, 4.69) is 35.2 Å². The van der Waals surface area contributed by atoms with Gasteiger partial charge in [-0.15, -0.1) is 11.8 Å². The topological polar surface area (TPSA) is 27.0 Å². The van der Waals surface area contributed by atoms with Crippen LogP contribution in [0.15, 0.2) is 29.2 Å². The van der Waals surface area contributed by atoms with E-state index in [1.165, 1.54) is 29.7 Å². The van der Waals surface area contributed by atoms with Gasteiger partial charge in [0, 0.05) is 35.7 Å². The summed E-state index contributed by atoms with van der Waals surface area (Å²) in [5.41, 5.74) is 1.50. The van der Waals surface area contributed by atoms with Crippen LogP contribution in [0.2, 0.25) is 0 Å². The molecule has 0 bridgehead atoms. The molecule has 0 aromatic heterocycles. The maximum atomic E-state index is 8.74. The minimum atomic E-state index is 0.667. The van der Waals surface area contributed by atoms with Crippen molar-refractivity contribution in [3.05, 3.63) is 29.8 Å². The van der Waals surface area contributed by atoms with E-state index in [1.807, 2.05) is 11.8 Å². The lowest BCUT2D eigenvalue weighted by atomic mass is 10.1. The van der Waals surface area contributed by atoms with Crippen molar-refractivity contribution in [1.29, 1.82) is 5.26 Å². The molecule has 0 saturated heterocycles. The number of thioether (sulfide) groups is 1. The second-order valence-electron chi connectivity index (χ2n) is 5.19. The van der Waals surface area contributed by atoms with Crippen LogP contribution in [0.4, 0.5) is 0 Å². The molecule has 18 heavy (non-hydrogen) atoms. The summed E-state index contributed by atoms with van der Waals surface area (Å²) in [5, 5.41) is 9.42. The molecular formula is C15H18N2S. The zero-order valence-electron chi connectivity index (χ0n) is 10.5. The van der Waals surface area contributed by atoms with Gasteiger partial charge in [-0.3, -0.25) is 4.90 Å². The Morgan fingerprint density at radius 1 is 1.33 bits per heavy atom. The summed E-state index contributed by atoms with van der Waals surface area (Å²) in [6.45, 7) is 2.10. The summed E-state index contributed by atoms with van der Waals surface area (Å²) in [5.74, 6) is 0. The van der Waals surface area contributed by atoms with Crippen molar-refractivity contribution >= 4 is 11.8 Å². The smallest absolute Gasteiger partial charge is 0.0635 e. The molecule has 0 radical (unpaired) electrons. The molecule has 2 aliphatic rings. The Bertz CT molecular complexity index is 437.